The van der Waals surface area contributed by atoms with Crippen LogP contribution in [0.2, 0.25) is 0 Å². The van der Waals surface area contributed by atoms with Gasteiger partial charge in [-0.1, -0.05) is 23.9 Å². The molecule has 2 bridgehead atoms. The quantitative estimate of drug-likeness (QED) is 0.0667. The Kier molecular flexibility index (Phi) is 10.6. The van der Waals surface area contributed by atoms with Gasteiger partial charge in [-0.2, -0.15) is 0 Å². The number of aliphatic hydroxyl groups excluding tert-OH is 1. The van der Waals surface area contributed by atoms with Crippen molar-refractivity contribution in [1.82, 2.24) is 10.6 Å². The monoisotopic (exact) mass is 715 g/mol. The van der Waals surface area contributed by atoms with E-state index >= 15 is 0 Å². The minimum Gasteiger partial charge on any atom is -0.480 e. The van der Waals surface area contributed by atoms with E-state index in [1.54, 1.807) is 17.5 Å². The van der Waals surface area contributed by atoms with Crippen molar-refractivity contribution in [2.24, 2.45) is 5.73 Å². The molecule has 2 amide bonds. The zero-order valence-electron chi connectivity index (χ0n) is 25.6. The smallest absolute Gasteiger partial charge is 0.349 e. The fourth-order valence-electron chi connectivity index (χ4n) is 6.50. The molecule has 10 atom stereocenters. The number of nitrogens with two attached hydrogens (primary N) is 1. The second kappa shape index (κ2) is 14.0. The zero-order chi connectivity index (χ0) is 34.3. The van der Waals surface area contributed by atoms with E-state index in [0.29, 0.717) is 17.7 Å². The summed E-state index contributed by atoms with van der Waals surface area (Å²) in [6, 6.07) is 1.15. The topological polar surface area (TPSA) is 238 Å². The Morgan fingerprint density at radius 2 is 1.87 bits per heavy atom. The third-order valence-electron chi connectivity index (χ3n) is 9.21. The first-order valence-electron chi connectivity index (χ1n) is 15.0. The number of carbonyl (C=O) groups is 5. The third-order valence-corrected chi connectivity index (χ3v) is 12.9. The van der Waals surface area contributed by atoms with Crippen molar-refractivity contribution in [3.05, 3.63) is 33.4 Å². The molecular formula is C29H39N4O11S3+. The number of morpholine rings is 1. The van der Waals surface area contributed by atoms with Gasteiger partial charge in [0.2, 0.25) is 17.4 Å². The number of carboxylic acid groups (broad SMARTS) is 2. The molecule has 5 heterocycles. The largest absolute Gasteiger partial charge is 0.480 e. The van der Waals surface area contributed by atoms with Crippen LogP contribution in [0, 0.1) is 0 Å². The molecule has 4 aliphatic rings. The first kappa shape index (κ1) is 35.6. The Labute approximate surface area is 282 Å². The normalized spacial score (nSPS) is 31.0. The lowest BCUT2D eigenvalue weighted by Gasteiger charge is -2.45. The predicted molar refractivity (Wildman–Crippen MR) is 171 cm³/mol. The summed E-state index contributed by atoms with van der Waals surface area (Å²) in [4.78, 5) is 61.6. The van der Waals surface area contributed by atoms with Crippen LogP contribution in [0.25, 0.3) is 0 Å². The molecule has 3 saturated heterocycles. The van der Waals surface area contributed by atoms with E-state index in [0.717, 1.165) is 39.3 Å². The van der Waals surface area contributed by atoms with Gasteiger partial charge in [-0.3, -0.25) is 19.2 Å². The van der Waals surface area contributed by atoms with Crippen molar-refractivity contribution in [3.8, 4) is 0 Å². The molecule has 0 aromatic carbocycles. The second-order valence-corrected chi connectivity index (χ2v) is 15.9. The number of carboxylic acids is 2. The highest BCUT2D eigenvalue weighted by atomic mass is 32.2. The number of quaternary nitrogens is 1. The molecule has 47 heavy (non-hydrogen) atoms. The van der Waals surface area contributed by atoms with Gasteiger partial charge in [-0.15, -0.1) is 23.1 Å². The van der Waals surface area contributed by atoms with Crippen LogP contribution in [0.1, 0.15) is 30.6 Å². The summed E-state index contributed by atoms with van der Waals surface area (Å²) in [6.45, 7) is -0.699. The van der Waals surface area contributed by atoms with Gasteiger partial charge in [0, 0.05) is 29.9 Å². The average molecular weight is 716 g/mol. The second-order valence-electron chi connectivity index (χ2n) is 12.6. The maximum Gasteiger partial charge on any atom is 0.349 e. The highest BCUT2D eigenvalue weighted by Gasteiger charge is 2.71. The van der Waals surface area contributed by atoms with Crippen molar-refractivity contribution < 1.29 is 58.4 Å². The molecule has 18 heteroatoms. The Morgan fingerprint density at radius 1 is 1.19 bits per heavy atom. The molecule has 5 rings (SSSR count). The van der Waals surface area contributed by atoms with E-state index in [1.165, 1.54) is 6.08 Å². The number of thiophene rings is 1. The number of thioether (sulfide) groups is 2. The van der Waals surface area contributed by atoms with Gasteiger partial charge in [-0.25, -0.2) is 4.79 Å². The molecule has 4 aliphatic heterocycles. The standard InChI is InChI=1S/C29H38N4O11S3/c1-33(2)16-8-13(9-17(33)24-23(16)44-24)43-28(41)29(42,19-4-3-7-45-19)20-10-18(27(40)47-20)46-12-15(25(37)31-11-22(35)36)32-21(34)6-5-14(30)26(38)39/h3-4,7,10,13-18,23-24,27,40,42H,5-6,8-9,11-12,30H2,1-2H3,(H3-,31,32,34,35,36,37,38,39)/p+1/t13?,14-,15-,16-,17+,18?,23-,24+,27?,29?/m0/s1. The molecule has 0 saturated carbocycles. The van der Waals surface area contributed by atoms with Gasteiger partial charge in [0.15, 0.2) is 0 Å². The maximum atomic E-state index is 13.8. The van der Waals surface area contributed by atoms with Crippen LogP contribution in [0.5, 0.6) is 0 Å². The Morgan fingerprint density at radius 3 is 2.47 bits per heavy atom. The lowest BCUT2D eigenvalue weighted by molar-refractivity contribution is -0.938. The minimum absolute atomic E-state index is 0.126. The SMILES string of the molecule is C[N+]1(C)[C@@H]2CC(OC(=O)C(O)(C3=CC(SC[C@H](NC(=O)CC[C@H](N)C(=O)O)C(=O)NCC(=O)O)C(O)S3)c3cccs3)C[C@H]1[C@@H]1O[C@@H]12. The molecular weight excluding hydrogens is 677 g/mol. The fourth-order valence-corrected chi connectivity index (χ4v) is 9.99. The van der Waals surface area contributed by atoms with Crippen LogP contribution in [-0.2, 0) is 39.0 Å². The van der Waals surface area contributed by atoms with Crippen molar-refractivity contribution in [2.45, 2.75) is 84.4 Å². The van der Waals surface area contributed by atoms with E-state index in [9.17, 15) is 34.2 Å². The molecule has 8 N–H and O–H groups in total. The first-order valence-corrected chi connectivity index (χ1v) is 17.9. The predicted octanol–water partition coefficient (Wildman–Crippen LogP) is -0.835. The summed E-state index contributed by atoms with van der Waals surface area (Å²) < 4.78 is 12.6. The van der Waals surface area contributed by atoms with Crippen molar-refractivity contribution in [3.63, 3.8) is 0 Å². The van der Waals surface area contributed by atoms with Gasteiger partial charge in [0.05, 0.1) is 24.2 Å². The summed E-state index contributed by atoms with van der Waals surface area (Å²) in [7, 11) is 4.31. The van der Waals surface area contributed by atoms with Gasteiger partial charge in [0.25, 0.3) is 0 Å². The zero-order valence-corrected chi connectivity index (χ0v) is 28.1. The number of piperidine rings is 1. The van der Waals surface area contributed by atoms with E-state index in [-0.39, 0.29) is 47.8 Å². The summed E-state index contributed by atoms with van der Waals surface area (Å²) in [5.74, 6) is -5.03. The van der Waals surface area contributed by atoms with Gasteiger partial charge >= 0.3 is 17.9 Å². The molecule has 0 aliphatic carbocycles. The number of hydrogen-bond donors (Lipinski definition) is 7. The van der Waals surface area contributed by atoms with E-state index in [1.807, 2.05) is 0 Å². The lowest BCUT2D eigenvalue weighted by atomic mass is 9.95. The highest BCUT2D eigenvalue weighted by molar-refractivity contribution is 8.06. The number of amides is 2. The minimum atomic E-state index is -2.19. The van der Waals surface area contributed by atoms with Crippen molar-refractivity contribution in [2.75, 3.05) is 26.4 Å². The summed E-state index contributed by atoms with van der Waals surface area (Å²) in [5.41, 5.74) is 2.13. The number of aliphatic carboxylic acids is 2. The molecule has 0 radical (unpaired) electrons. The Bertz CT molecular complexity index is 1410. The third kappa shape index (κ3) is 7.49. The molecule has 4 unspecified atom stereocenters. The highest BCUT2D eigenvalue weighted by Crippen LogP contribution is 2.53. The Hall–Kier alpha value is -2.71. The lowest BCUT2D eigenvalue weighted by Crippen LogP contribution is -2.60. The number of ether oxygens (including phenoxy) is 2. The summed E-state index contributed by atoms with van der Waals surface area (Å²) in [5, 5.41) is 46.6. The van der Waals surface area contributed by atoms with E-state index < -0.39 is 70.7 Å². The van der Waals surface area contributed by atoms with Crippen LogP contribution in [0.3, 0.4) is 0 Å². The molecule has 15 nitrogen and oxygen atoms in total. The summed E-state index contributed by atoms with van der Waals surface area (Å²) in [6.07, 6.45) is 2.15. The van der Waals surface area contributed by atoms with Crippen molar-refractivity contribution in [1.29, 1.82) is 0 Å². The number of likely N-dealkylation sites (N-methyl/N-ethyl adjacent to an activating group) is 1. The number of nitrogens with zero attached hydrogens (tertiary/aromatic N) is 1. The van der Waals surface area contributed by atoms with Crippen LogP contribution in [0.4, 0.5) is 0 Å². The number of nitrogens with one attached hydrogen (secondary N) is 2. The van der Waals surface area contributed by atoms with E-state index in [2.05, 4.69) is 24.7 Å². The fraction of sp³-hybridized carbons (Fsp3) is 0.621. The molecule has 258 valence electrons. The molecule has 3 fully saturated rings. The number of carbonyl (C=O) groups excluding carboxylic acids is 3. The number of epoxide rings is 1. The molecule has 1 aromatic rings. The number of fused-ring (bicyclic) bond motifs is 5. The van der Waals surface area contributed by atoms with Crippen molar-refractivity contribution >= 4 is 64.6 Å². The number of aliphatic hydroxyl groups is 2. The average Bonchev–Trinajstić information content (AvgIpc) is 3.34. The number of hydrogen-bond acceptors (Lipinski definition) is 13. The van der Waals surface area contributed by atoms with Crippen LogP contribution in [0.15, 0.2) is 28.5 Å². The number of esters is 1. The van der Waals surface area contributed by atoms with Crippen LogP contribution >= 0.6 is 34.9 Å². The maximum absolute atomic E-state index is 13.8. The number of rotatable bonds is 15. The Balaban J connectivity index is 1.27. The first-order chi connectivity index (χ1) is 22.1. The summed E-state index contributed by atoms with van der Waals surface area (Å²) >= 11 is 3.10. The molecule has 0 spiro atoms. The molecule has 1 aromatic heterocycles. The van der Waals surface area contributed by atoms with Gasteiger partial charge in [0.1, 0.15) is 54.5 Å². The van der Waals surface area contributed by atoms with Crippen LogP contribution < -0.4 is 16.4 Å². The van der Waals surface area contributed by atoms with E-state index in [4.69, 9.17) is 25.4 Å². The van der Waals surface area contributed by atoms with Gasteiger partial charge < -0.3 is 50.8 Å². The van der Waals surface area contributed by atoms with Gasteiger partial charge in [-0.05, 0) is 17.9 Å². The van der Waals surface area contributed by atoms with Crippen LogP contribution in [-0.4, -0.2) is 134 Å².